The maximum absolute atomic E-state index is 5.31. The minimum atomic E-state index is 0. The van der Waals surface area contributed by atoms with E-state index in [1.54, 1.807) is 7.11 Å². The number of nitrogens with zero attached hydrogens (tertiary/aromatic N) is 2. The van der Waals surface area contributed by atoms with E-state index in [-0.39, 0.29) is 29.4 Å². The first kappa shape index (κ1) is 21.9. The number of rotatable bonds is 8. The highest BCUT2D eigenvalue weighted by Gasteiger charge is 2.33. The van der Waals surface area contributed by atoms with Gasteiger partial charge in [0, 0.05) is 51.4 Å². The zero-order valence-corrected chi connectivity index (χ0v) is 17.8. The van der Waals surface area contributed by atoms with Crippen LogP contribution in [0.25, 0.3) is 0 Å². The Hall–Kier alpha value is -0.120. The van der Waals surface area contributed by atoms with E-state index in [1.807, 2.05) is 0 Å². The molecule has 0 bridgehead atoms. The summed E-state index contributed by atoms with van der Waals surface area (Å²) in [6.07, 6.45) is 3.48. The summed E-state index contributed by atoms with van der Waals surface area (Å²) in [5, 5.41) is 6.98. The fraction of sp³-hybridized carbons (Fsp3) is 0.941. The normalized spacial score (nSPS) is 21.7. The van der Waals surface area contributed by atoms with Crippen LogP contribution in [0.2, 0.25) is 0 Å². The lowest BCUT2D eigenvalue weighted by atomic mass is 9.89. The predicted octanol–water partition coefficient (Wildman–Crippen LogP) is 1.70. The molecule has 0 aromatic heterocycles. The number of guanidine groups is 1. The monoisotopic (exact) mass is 454 g/mol. The van der Waals surface area contributed by atoms with Gasteiger partial charge >= 0.3 is 0 Å². The molecule has 2 fully saturated rings. The summed E-state index contributed by atoms with van der Waals surface area (Å²) >= 11 is 0. The third-order valence-corrected chi connectivity index (χ3v) is 4.62. The number of hydrogen-bond acceptors (Lipinski definition) is 4. The van der Waals surface area contributed by atoms with Crippen molar-refractivity contribution in [2.45, 2.75) is 39.2 Å². The molecule has 0 saturated carbocycles. The maximum atomic E-state index is 5.31. The Morgan fingerprint density at radius 1 is 1.33 bits per heavy atom. The van der Waals surface area contributed by atoms with Gasteiger partial charge in [0.2, 0.25) is 0 Å². The van der Waals surface area contributed by atoms with Crippen molar-refractivity contribution in [2.75, 3.05) is 59.7 Å². The molecular weight excluding hydrogens is 419 g/mol. The van der Waals surface area contributed by atoms with Crippen LogP contribution in [0.15, 0.2) is 4.99 Å². The topological polar surface area (TPSA) is 58.1 Å². The minimum absolute atomic E-state index is 0. The second-order valence-electron chi connectivity index (χ2n) is 7.11. The van der Waals surface area contributed by atoms with Crippen LogP contribution in [0.5, 0.6) is 0 Å². The zero-order valence-electron chi connectivity index (χ0n) is 15.5. The number of hydrogen-bond donors (Lipinski definition) is 2. The third kappa shape index (κ3) is 7.41. The summed E-state index contributed by atoms with van der Waals surface area (Å²) in [6, 6.07) is 0.525. The van der Waals surface area contributed by atoms with E-state index in [1.165, 1.54) is 12.8 Å². The predicted molar refractivity (Wildman–Crippen MR) is 109 cm³/mol. The minimum Gasteiger partial charge on any atom is -0.385 e. The summed E-state index contributed by atoms with van der Waals surface area (Å²) in [4.78, 5) is 7.30. The molecule has 0 amide bonds. The first-order valence-corrected chi connectivity index (χ1v) is 8.99. The highest BCUT2D eigenvalue weighted by atomic mass is 127. The number of methoxy groups -OCH3 is 1. The fourth-order valence-electron chi connectivity index (χ4n) is 3.06. The van der Waals surface area contributed by atoms with Crippen LogP contribution in [0.4, 0.5) is 0 Å². The molecule has 142 valence electrons. The molecule has 2 saturated heterocycles. The van der Waals surface area contributed by atoms with E-state index in [4.69, 9.17) is 14.5 Å². The molecule has 0 atom stereocenters. The Bertz CT molecular complexity index is 370. The summed E-state index contributed by atoms with van der Waals surface area (Å²) in [5.41, 5.74) is 0.229. The first-order chi connectivity index (χ1) is 11.1. The van der Waals surface area contributed by atoms with Gasteiger partial charge in [-0.25, -0.2) is 0 Å². The van der Waals surface area contributed by atoms with Crippen molar-refractivity contribution in [1.29, 1.82) is 0 Å². The molecule has 2 N–H and O–H groups in total. The second kappa shape index (κ2) is 11.5. The Morgan fingerprint density at radius 3 is 2.58 bits per heavy atom. The highest BCUT2D eigenvalue weighted by molar-refractivity contribution is 14.0. The molecule has 2 aliphatic rings. The van der Waals surface area contributed by atoms with E-state index in [0.717, 1.165) is 64.9 Å². The van der Waals surface area contributed by atoms with E-state index < -0.39 is 0 Å². The molecule has 0 aromatic carbocycles. The largest absolute Gasteiger partial charge is 0.385 e. The van der Waals surface area contributed by atoms with Crippen molar-refractivity contribution >= 4 is 29.9 Å². The Balaban J connectivity index is 0.00000288. The van der Waals surface area contributed by atoms with Crippen LogP contribution in [0.1, 0.15) is 33.1 Å². The van der Waals surface area contributed by atoms with Crippen LogP contribution >= 0.6 is 24.0 Å². The van der Waals surface area contributed by atoms with E-state index in [2.05, 4.69) is 29.4 Å². The quantitative estimate of drug-likeness (QED) is 0.253. The van der Waals surface area contributed by atoms with Crippen molar-refractivity contribution in [3.63, 3.8) is 0 Å². The summed E-state index contributed by atoms with van der Waals surface area (Å²) < 4.78 is 10.4. The van der Waals surface area contributed by atoms with E-state index >= 15 is 0 Å². The zero-order chi connectivity index (χ0) is 16.5. The molecule has 0 radical (unpaired) electrons. The van der Waals surface area contributed by atoms with Crippen molar-refractivity contribution in [2.24, 2.45) is 10.4 Å². The van der Waals surface area contributed by atoms with E-state index in [9.17, 15) is 0 Å². The van der Waals surface area contributed by atoms with Gasteiger partial charge < -0.3 is 25.0 Å². The van der Waals surface area contributed by atoms with Crippen LogP contribution in [0.3, 0.4) is 0 Å². The number of aliphatic imine (C=N–C) groups is 1. The van der Waals surface area contributed by atoms with Crippen molar-refractivity contribution in [1.82, 2.24) is 15.5 Å². The molecule has 0 unspecified atom stereocenters. The summed E-state index contributed by atoms with van der Waals surface area (Å²) in [6.45, 7) is 12.1. The lowest BCUT2D eigenvalue weighted by Crippen LogP contribution is -2.50. The lowest BCUT2D eigenvalue weighted by Gasteiger charge is -2.37. The van der Waals surface area contributed by atoms with Crippen LogP contribution < -0.4 is 10.6 Å². The number of halogens is 1. The Kier molecular flexibility index (Phi) is 10.5. The van der Waals surface area contributed by atoms with Crippen molar-refractivity contribution < 1.29 is 9.47 Å². The average Bonchev–Trinajstić information content (AvgIpc) is 2.53. The van der Waals surface area contributed by atoms with Crippen LogP contribution in [0, 0.1) is 5.41 Å². The number of likely N-dealkylation sites (tertiary alicyclic amines) is 1. The summed E-state index contributed by atoms with van der Waals surface area (Å²) in [7, 11) is 1.77. The van der Waals surface area contributed by atoms with Gasteiger partial charge in [-0.3, -0.25) is 4.99 Å². The van der Waals surface area contributed by atoms with Gasteiger partial charge in [-0.15, -0.1) is 24.0 Å². The molecular formula is C17H35IN4O2. The van der Waals surface area contributed by atoms with Crippen molar-refractivity contribution in [3.05, 3.63) is 0 Å². The highest BCUT2D eigenvalue weighted by Crippen LogP contribution is 2.26. The maximum Gasteiger partial charge on any atom is 0.191 e. The molecule has 2 rings (SSSR count). The first-order valence-electron chi connectivity index (χ1n) is 8.99. The van der Waals surface area contributed by atoms with Gasteiger partial charge in [0.1, 0.15) is 0 Å². The number of piperidine rings is 1. The molecule has 24 heavy (non-hydrogen) atoms. The third-order valence-electron chi connectivity index (χ3n) is 4.62. The fourth-order valence-corrected chi connectivity index (χ4v) is 3.06. The number of nitrogens with one attached hydrogen (secondary N) is 2. The van der Waals surface area contributed by atoms with Gasteiger partial charge in [0.05, 0.1) is 19.8 Å². The van der Waals surface area contributed by atoms with Gasteiger partial charge in [0.15, 0.2) is 5.96 Å². The Morgan fingerprint density at radius 2 is 2.04 bits per heavy atom. The van der Waals surface area contributed by atoms with Crippen LogP contribution in [-0.2, 0) is 9.47 Å². The lowest BCUT2D eigenvalue weighted by molar-refractivity contribution is -0.0945. The van der Waals surface area contributed by atoms with Gasteiger partial charge in [-0.1, -0.05) is 6.92 Å². The van der Waals surface area contributed by atoms with E-state index in [0.29, 0.717) is 6.04 Å². The molecule has 0 aromatic rings. The second-order valence-corrected chi connectivity index (χ2v) is 7.11. The SMILES string of the molecule is CCNC(=NCC1(C)COC1)NC1CCN(CCCOC)CC1.I. The average molecular weight is 454 g/mol. The van der Waals surface area contributed by atoms with Gasteiger partial charge in [-0.05, 0) is 26.2 Å². The van der Waals surface area contributed by atoms with Gasteiger partial charge in [-0.2, -0.15) is 0 Å². The molecule has 7 heteroatoms. The van der Waals surface area contributed by atoms with Gasteiger partial charge in [0.25, 0.3) is 0 Å². The smallest absolute Gasteiger partial charge is 0.191 e. The summed E-state index contributed by atoms with van der Waals surface area (Å²) in [5.74, 6) is 0.957. The molecule has 2 aliphatic heterocycles. The molecule has 0 aliphatic carbocycles. The number of ether oxygens (including phenoxy) is 2. The van der Waals surface area contributed by atoms with Crippen molar-refractivity contribution in [3.8, 4) is 0 Å². The molecule has 0 spiro atoms. The van der Waals surface area contributed by atoms with Crippen LogP contribution in [-0.4, -0.2) is 76.6 Å². The standard InChI is InChI=1S/C17H34N4O2.HI/c1-4-18-16(19-12-17(2)13-23-14-17)20-15-6-9-21(10-7-15)8-5-11-22-3;/h15H,4-14H2,1-3H3,(H2,18,19,20);1H. The molecule has 2 heterocycles. The molecule has 6 nitrogen and oxygen atoms in total. The Labute approximate surface area is 164 Å².